The van der Waals surface area contributed by atoms with Crippen molar-refractivity contribution in [2.24, 2.45) is 0 Å². The lowest BCUT2D eigenvalue weighted by Crippen LogP contribution is -2.43. The van der Waals surface area contributed by atoms with Crippen LogP contribution in [0.2, 0.25) is 0 Å². The Kier molecular flexibility index (Phi) is 5.26. The van der Waals surface area contributed by atoms with Crippen molar-refractivity contribution < 1.29 is 0 Å². The van der Waals surface area contributed by atoms with Gasteiger partial charge in [0.15, 0.2) is 0 Å². The van der Waals surface area contributed by atoms with Gasteiger partial charge in [-0.1, -0.05) is 13.3 Å². The van der Waals surface area contributed by atoms with Gasteiger partial charge in [0.2, 0.25) is 0 Å². The van der Waals surface area contributed by atoms with Crippen molar-refractivity contribution in [1.29, 1.82) is 0 Å². The van der Waals surface area contributed by atoms with E-state index in [1.165, 1.54) is 58.4 Å². The molecule has 0 spiro atoms. The molecule has 0 aliphatic carbocycles. The zero-order valence-corrected chi connectivity index (χ0v) is 11.6. The van der Waals surface area contributed by atoms with Gasteiger partial charge in [-0.15, -0.1) is 0 Å². The normalized spacial score (nSPS) is 29.6. The number of nitrogens with zero attached hydrogens (tertiary/aromatic N) is 2. The van der Waals surface area contributed by atoms with Gasteiger partial charge >= 0.3 is 0 Å². The zero-order chi connectivity index (χ0) is 12.1. The first-order chi connectivity index (χ1) is 8.29. The van der Waals surface area contributed by atoms with Crippen LogP contribution in [0.15, 0.2) is 0 Å². The van der Waals surface area contributed by atoms with E-state index in [2.05, 4.69) is 29.0 Å². The molecule has 3 heteroatoms. The summed E-state index contributed by atoms with van der Waals surface area (Å²) in [7, 11) is 0. The largest absolute Gasteiger partial charge is 0.313 e. The van der Waals surface area contributed by atoms with E-state index in [1.807, 2.05) is 0 Å². The molecule has 0 amide bonds. The van der Waals surface area contributed by atoms with Crippen LogP contribution in [0, 0.1) is 0 Å². The maximum Gasteiger partial charge on any atom is 0.0235 e. The quantitative estimate of drug-likeness (QED) is 0.785. The average molecular weight is 239 g/mol. The summed E-state index contributed by atoms with van der Waals surface area (Å²) in [6, 6.07) is 1.49. The summed E-state index contributed by atoms with van der Waals surface area (Å²) >= 11 is 0. The van der Waals surface area contributed by atoms with Crippen LogP contribution in [0.1, 0.15) is 39.5 Å². The van der Waals surface area contributed by atoms with Gasteiger partial charge in [0.1, 0.15) is 0 Å². The van der Waals surface area contributed by atoms with Gasteiger partial charge in [0, 0.05) is 25.2 Å². The summed E-state index contributed by atoms with van der Waals surface area (Å²) in [6.45, 7) is 12.1. The van der Waals surface area contributed by atoms with Crippen molar-refractivity contribution in [3.63, 3.8) is 0 Å². The molecule has 0 aromatic heterocycles. The Balaban J connectivity index is 1.71. The number of rotatable bonds is 5. The third-order valence-corrected chi connectivity index (χ3v) is 4.24. The average Bonchev–Trinajstić information content (AvgIpc) is 2.79. The Labute approximate surface area is 107 Å². The Morgan fingerprint density at radius 1 is 1.18 bits per heavy atom. The van der Waals surface area contributed by atoms with Gasteiger partial charge in [-0.25, -0.2) is 0 Å². The van der Waals surface area contributed by atoms with Gasteiger partial charge in [0.25, 0.3) is 0 Å². The molecule has 0 bridgehead atoms. The second-order valence-electron chi connectivity index (χ2n) is 5.76. The summed E-state index contributed by atoms with van der Waals surface area (Å²) < 4.78 is 0. The van der Waals surface area contributed by atoms with Crippen LogP contribution in [-0.4, -0.2) is 61.2 Å². The van der Waals surface area contributed by atoms with Gasteiger partial charge in [0.05, 0.1) is 0 Å². The van der Waals surface area contributed by atoms with Gasteiger partial charge < -0.3 is 10.2 Å². The molecular weight excluding hydrogens is 210 g/mol. The Hall–Kier alpha value is -0.120. The fourth-order valence-corrected chi connectivity index (χ4v) is 3.36. The van der Waals surface area contributed by atoms with Crippen LogP contribution in [0.4, 0.5) is 0 Å². The summed E-state index contributed by atoms with van der Waals surface area (Å²) in [4.78, 5) is 5.38. The highest BCUT2D eigenvalue weighted by molar-refractivity contribution is 4.86. The van der Waals surface area contributed by atoms with Crippen LogP contribution in [0.3, 0.4) is 0 Å². The minimum absolute atomic E-state index is 0.639. The summed E-state index contributed by atoms with van der Waals surface area (Å²) in [5.74, 6) is 0. The molecule has 2 unspecified atom stereocenters. The van der Waals surface area contributed by atoms with E-state index in [4.69, 9.17) is 0 Å². The molecule has 100 valence electrons. The molecule has 0 aromatic rings. The van der Waals surface area contributed by atoms with E-state index in [1.54, 1.807) is 0 Å². The predicted octanol–water partition coefficient (Wildman–Crippen LogP) is 1.54. The lowest BCUT2D eigenvalue weighted by molar-refractivity contribution is 0.160. The monoisotopic (exact) mass is 239 g/mol. The Morgan fingerprint density at radius 2 is 1.94 bits per heavy atom. The SMILES string of the molecule is CCNC(C)CN1CCC(N2CCCCC2)C1. The first-order valence-corrected chi connectivity index (χ1v) is 7.49. The van der Waals surface area contributed by atoms with E-state index in [9.17, 15) is 0 Å². The number of likely N-dealkylation sites (N-methyl/N-ethyl adjacent to an activating group) is 1. The minimum atomic E-state index is 0.639. The molecular formula is C14H29N3. The molecule has 2 aliphatic heterocycles. The highest BCUT2D eigenvalue weighted by Crippen LogP contribution is 2.20. The Morgan fingerprint density at radius 3 is 2.65 bits per heavy atom. The second kappa shape index (κ2) is 6.72. The number of likely N-dealkylation sites (tertiary alicyclic amines) is 2. The van der Waals surface area contributed by atoms with Crippen molar-refractivity contribution in [2.45, 2.75) is 51.6 Å². The third-order valence-electron chi connectivity index (χ3n) is 4.24. The second-order valence-corrected chi connectivity index (χ2v) is 5.76. The molecule has 2 aliphatic rings. The fraction of sp³-hybridized carbons (Fsp3) is 1.00. The molecule has 3 nitrogen and oxygen atoms in total. The lowest BCUT2D eigenvalue weighted by Gasteiger charge is -2.32. The molecule has 1 N–H and O–H groups in total. The topological polar surface area (TPSA) is 18.5 Å². The smallest absolute Gasteiger partial charge is 0.0235 e. The van der Waals surface area contributed by atoms with E-state index in [0.29, 0.717) is 6.04 Å². The van der Waals surface area contributed by atoms with Crippen LogP contribution in [0.25, 0.3) is 0 Å². The zero-order valence-electron chi connectivity index (χ0n) is 11.6. The number of hydrogen-bond donors (Lipinski definition) is 1. The van der Waals surface area contributed by atoms with Crippen LogP contribution in [0.5, 0.6) is 0 Å². The minimum Gasteiger partial charge on any atom is -0.313 e. The summed E-state index contributed by atoms with van der Waals surface area (Å²) in [6.07, 6.45) is 5.68. The van der Waals surface area contributed by atoms with Crippen molar-refractivity contribution in [1.82, 2.24) is 15.1 Å². The molecule has 0 saturated carbocycles. The first kappa shape index (κ1) is 13.3. The van der Waals surface area contributed by atoms with Crippen molar-refractivity contribution in [2.75, 3.05) is 39.3 Å². The predicted molar refractivity (Wildman–Crippen MR) is 73.4 cm³/mol. The van der Waals surface area contributed by atoms with Crippen LogP contribution >= 0.6 is 0 Å². The van der Waals surface area contributed by atoms with E-state index in [0.717, 1.165) is 12.6 Å². The molecule has 2 heterocycles. The number of piperidine rings is 1. The molecule has 0 aromatic carbocycles. The molecule has 17 heavy (non-hydrogen) atoms. The number of nitrogens with one attached hydrogen (secondary N) is 1. The Bertz CT molecular complexity index is 214. The van der Waals surface area contributed by atoms with Gasteiger partial charge in [-0.2, -0.15) is 0 Å². The van der Waals surface area contributed by atoms with Crippen molar-refractivity contribution in [3.8, 4) is 0 Å². The van der Waals surface area contributed by atoms with Crippen LogP contribution in [-0.2, 0) is 0 Å². The first-order valence-electron chi connectivity index (χ1n) is 7.49. The van der Waals surface area contributed by atoms with Gasteiger partial charge in [-0.05, 0) is 52.4 Å². The summed E-state index contributed by atoms with van der Waals surface area (Å²) in [5, 5.41) is 3.51. The maximum atomic E-state index is 3.51. The standard InChI is InChI=1S/C14H29N3/c1-3-15-13(2)11-16-10-7-14(12-16)17-8-5-4-6-9-17/h13-15H,3-12H2,1-2H3. The highest BCUT2D eigenvalue weighted by Gasteiger charge is 2.28. The fourth-order valence-electron chi connectivity index (χ4n) is 3.36. The van der Waals surface area contributed by atoms with Gasteiger partial charge in [-0.3, -0.25) is 4.90 Å². The van der Waals surface area contributed by atoms with Crippen molar-refractivity contribution >= 4 is 0 Å². The van der Waals surface area contributed by atoms with E-state index < -0.39 is 0 Å². The highest BCUT2D eigenvalue weighted by atomic mass is 15.3. The molecule has 2 fully saturated rings. The number of hydrogen-bond acceptors (Lipinski definition) is 3. The summed E-state index contributed by atoms with van der Waals surface area (Å²) in [5.41, 5.74) is 0. The molecule has 0 radical (unpaired) electrons. The molecule has 2 atom stereocenters. The third kappa shape index (κ3) is 3.94. The van der Waals surface area contributed by atoms with Crippen molar-refractivity contribution in [3.05, 3.63) is 0 Å². The maximum absolute atomic E-state index is 3.51. The van der Waals surface area contributed by atoms with Crippen LogP contribution < -0.4 is 5.32 Å². The lowest BCUT2D eigenvalue weighted by atomic mass is 10.1. The van der Waals surface area contributed by atoms with E-state index in [-0.39, 0.29) is 0 Å². The molecule has 2 rings (SSSR count). The van der Waals surface area contributed by atoms with E-state index >= 15 is 0 Å². The molecule has 2 saturated heterocycles.